The number of hydrogen-bond donors (Lipinski definition) is 2. The number of guanidine groups is 1. The van der Waals surface area contributed by atoms with Crippen molar-refractivity contribution in [2.75, 3.05) is 13.3 Å². The van der Waals surface area contributed by atoms with Crippen molar-refractivity contribution >= 4 is 5.96 Å². The lowest BCUT2D eigenvalue weighted by atomic mass is 10.1. The van der Waals surface area contributed by atoms with Gasteiger partial charge in [0.05, 0.1) is 6.54 Å². The monoisotopic (exact) mass is 325 g/mol. The summed E-state index contributed by atoms with van der Waals surface area (Å²) in [6.07, 6.45) is 0. The first-order valence-electron chi connectivity index (χ1n) is 8.21. The van der Waals surface area contributed by atoms with Gasteiger partial charge in [-0.15, -0.1) is 0 Å². The number of nitrogens with zero attached hydrogens (tertiary/aromatic N) is 1. The van der Waals surface area contributed by atoms with Crippen molar-refractivity contribution in [3.63, 3.8) is 0 Å². The minimum absolute atomic E-state index is 0.298. The standard InChI is InChI=1S/C19H23N3O2/c1-3-20-19(21-11-15-6-4-5-14(2)9-15)22-12-16-7-8-17-18(10-16)24-13-23-17/h4-10H,3,11-13H2,1-2H3,(H2,20,21,22). The van der Waals surface area contributed by atoms with E-state index in [4.69, 9.17) is 9.47 Å². The van der Waals surface area contributed by atoms with Gasteiger partial charge >= 0.3 is 0 Å². The molecule has 0 fully saturated rings. The first-order chi connectivity index (χ1) is 11.7. The van der Waals surface area contributed by atoms with E-state index in [1.54, 1.807) is 0 Å². The fourth-order valence-electron chi connectivity index (χ4n) is 2.56. The van der Waals surface area contributed by atoms with Crippen LogP contribution in [0.4, 0.5) is 0 Å². The second-order valence-electron chi connectivity index (χ2n) is 5.73. The molecule has 2 aromatic rings. The van der Waals surface area contributed by atoms with E-state index in [0.717, 1.165) is 29.6 Å². The number of nitrogens with one attached hydrogen (secondary N) is 2. The van der Waals surface area contributed by atoms with Gasteiger partial charge in [0, 0.05) is 13.1 Å². The fourth-order valence-corrected chi connectivity index (χ4v) is 2.56. The van der Waals surface area contributed by atoms with Crippen LogP contribution in [0.25, 0.3) is 0 Å². The average molecular weight is 325 g/mol. The Morgan fingerprint density at radius 2 is 1.92 bits per heavy atom. The van der Waals surface area contributed by atoms with Crippen LogP contribution in [0.5, 0.6) is 11.5 Å². The SMILES string of the molecule is CCNC(=NCc1cccc(C)c1)NCc1ccc2c(c1)OCO2. The predicted octanol–water partition coefficient (Wildman–Crippen LogP) is 2.98. The summed E-state index contributed by atoms with van der Waals surface area (Å²) in [5.74, 6) is 2.41. The molecule has 126 valence electrons. The molecular formula is C19H23N3O2. The van der Waals surface area contributed by atoms with Gasteiger partial charge in [-0.2, -0.15) is 0 Å². The highest BCUT2D eigenvalue weighted by Gasteiger charge is 2.13. The highest BCUT2D eigenvalue weighted by Crippen LogP contribution is 2.32. The second-order valence-corrected chi connectivity index (χ2v) is 5.73. The molecule has 5 nitrogen and oxygen atoms in total. The van der Waals surface area contributed by atoms with E-state index in [1.807, 2.05) is 18.2 Å². The fraction of sp³-hybridized carbons (Fsp3) is 0.316. The topological polar surface area (TPSA) is 54.9 Å². The Balaban J connectivity index is 1.62. The lowest BCUT2D eigenvalue weighted by Gasteiger charge is -2.12. The molecule has 5 heteroatoms. The normalized spacial score (nSPS) is 13.0. The third kappa shape index (κ3) is 4.19. The molecule has 0 spiro atoms. The number of hydrogen-bond acceptors (Lipinski definition) is 3. The van der Waals surface area contributed by atoms with E-state index < -0.39 is 0 Å². The molecule has 3 rings (SSSR count). The van der Waals surface area contributed by atoms with Crippen LogP contribution in [-0.2, 0) is 13.1 Å². The Bertz CT molecular complexity index is 728. The quantitative estimate of drug-likeness (QED) is 0.655. The lowest BCUT2D eigenvalue weighted by molar-refractivity contribution is 0.174. The molecule has 24 heavy (non-hydrogen) atoms. The van der Waals surface area contributed by atoms with Crippen molar-refractivity contribution in [1.29, 1.82) is 0 Å². The van der Waals surface area contributed by atoms with Crippen molar-refractivity contribution < 1.29 is 9.47 Å². The van der Waals surface area contributed by atoms with Gasteiger partial charge in [-0.3, -0.25) is 0 Å². The van der Waals surface area contributed by atoms with Gasteiger partial charge in [0.2, 0.25) is 6.79 Å². The summed E-state index contributed by atoms with van der Waals surface area (Å²) >= 11 is 0. The van der Waals surface area contributed by atoms with E-state index in [1.165, 1.54) is 11.1 Å². The molecule has 0 saturated heterocycles. The van der Waals surface area contributed by atoms with Gasteiger partial charge in [0.15, 0.2) is 17.5 Å². The molecule has 0 unspecified atom stereocenters. The summed E-state index contributed by atoms with van der Waals surface area (Å²) in [7, 11) is 0. The van der Waals surface area contributed by atoms with Gasteiger partial charge in [0.25, 0.3) is 0 Å². The Hall–Kier alpha value is -2.69. The molecule has 0 atom stereocenters. The second kappa shape index (κ2) is 7.73. The van der Waals surface area contributed by atoms with Gasteiger partial charge in [0.1, 0.15) is 0 Å². The molecule has 0 aliphatic carbocycles. The molecule has 1 aliphatic rings. The smallest absolute Gasteiger partial charge is 0.231 e. The summed E-state index contributed by atoms with van der Waals surface area (Å²) < 4.78 is 10.8. The van der Waals surface area contributed by atoms with Crippen LogP contribution >= 0.6 is 0 Å². The van der Waals surface area contributed by atoms with Crippen LogP contribution in [0.15, 0.2) is 47.5 Å². The third-order valence-electron chi connectivity index (χ3n) is 3.74. The average Bonchev–Trinajstić information content (AvgIpc) is 3.05. The molecule has 2 aromatic carbocycles. The minimum atomic E-state index is 0.298. The zero-order valence-corrected chi connectivity index (χ0v) is 14.1. The first-order valence-corrected chi connectivity index (χ1v) is 8.21. The molecule has 0 aromatic heterocycles. The third-order valence-corrected chi connectivity index (χ3v) is 3.74. The maximum absolute atomic E-state index is 5.41. The Labute approximate surface area is 142 Å². The van der Waals surface area contributed by atoms with Crippen molar-refractivity contribution in [2.24, 2.45) is 4.99 Å². The summed E-state index contributed by atoms with van der Waals surface area (Å²) in [5, 5.41) is 6.63. The summed E-state index contributed by atoms with van der Waals surface area (Å²) in [6.45, 7) is 6.60. The van der Waals surface area contributed by atoms with E-state index in [2.05, 4.69) is 53.7 Å². The zero-order chi connectivity index (χ0) is 16.8. The molecule has 2 N–H and O–H groups in total. The molecule has 1 aliphatic heterocycles. The molecule has 0 saturated carbocycles. The molecular weight excluding hydrogens is 302 g/mol. The van der Waals surface area contributed by atoms with Gasteiger partial charge in [-0.1, -0.05) is 35.9 Å². The van der Waals surface area contributed by atoms with E-state index in [-0.39, 0.29) is 0 Å². The Kier molecular flexibility index (Phi) is 5.21. The summed E-state index contributed by atoms with van der Waals surface area (Å²) in [5.41, 5.74) is 3.58. The largest absolute Gasteiger partial charge is 0.454 e. The van der Waals surface area contributed by atoms with Crippen LogP contribution < -0.4 is 20.1 Å². The molecule has 0 amide bonds. The Morgan fingerprint density at radius 1 is 1.04 bits per heavy atom. The highest BCUT2D eigenvalue weighted by atomic mass is 16.7. The van der Waals surface area contributed by atoms with Crippen molar-refractivity contribution in [3.05, 3.63) is 59.2 Å². The van der Waals surface area contributed by atoms with Crippen molar-refractivity contribution in [2.45, 2.75) is 26.9 Å². The van der Waals surface area contributed by atoms with Gasteiger partial charge in [-0.05, 0) is 37.1 Å². The number of rotatable bonds is 5. The van der Waals surface area contributed by atoms with E-state index >= 15 is 0 Å². The first kappa shape index (κ1) is 16.2. The Morgan fingerprint density at radius 3 is 2.75 bits per heavy atom. The zero-order valence-electron chi connectivity index (χ0n) is 14.1. The summed E-state index contributed by atoms with van der Waals surface area (Å²) in [4.78, 5) is 4.65. The molecule has 0 bridgehead atoms. The van der Waals surface area contributed by atoms with Crippen molar-refractivity contribution in [1.82, 2.24) is 10.6 Å². The molecule has 1 heterocycles. The molecule has 0 radical (unpaired) electrons. The predicted molar refractivity (Wildman–Crippen MR) is 95.4 cm³/mol. The van der Waals surface area contributed by atoms with Crippen LogP contribution in [0.3, 0.4) is 0 Å². The van der Waals surface area contributed by atoms with Crippen LogP contribution in [0, 0.1) is 6.92 Å². The highest BCUT2D eigenvalue weighted by molar-refractivity contribution is 5.79. The summed E-state index contributed by atoms with van der Waals surface area (Å²) in [6, 6.07) is 14.4. The number of aryl methyl sites for hydroxylation is 1. The van der Waals surface area contributed by atoms with Crippen LogP contribution in [-0.4, -0.2) is 19.3 Å². The van der Waals surface area contributed by atoms with Gasteiger partial charge < -0.3 is 20.1 Å². The van der Waals surface area contributed by atoms with E-state index in [0.29, 0.717) is 19.9 Å². The van der Waals surface area contributed by atoms with Crippen LogP contribution in [0.1, 0.15) is 23.6 Å². The maximum atomic E-state index is 5.41. The van der Waals surface area contributed by atoms with Gasteiger partial charge in [-0.25, -0.2) is 4.99 Å². The van der Waals surface area contributed by atoms with Crippen molar-refractivity contribution in [3.8, 4) is 11.5 Å². The number of benzene rings is 2. The van der Waals surface area contributed by atoms with E-state index in [9.17, 15) is 0 Å². The minimum Gasteiger partial charge on any atom is -0.454 e. The number of aliphatic imine (C=N–C) groups is 1. The lowest BCUT2D eigenvalue weighted by Crippen LogP contribution is -2.36. The number of ether oxygens (including phenoxy) is 2. The van der Waals surface area contributed by atoms with Crippen LogP contribution in [0.2, 0.25) is 0 Å². The number of fused-ring (bicyclic) bond motifs is 1. The maximum Gasteiger partial charge on any atom is 0.231 e.